The lowest BCUT2D eigenvalue weighted by Crippen LogP contribution is -2.53. The summed E-state index contributed by atoms with van der Waals surface area (Å²) in [6.07, 6.45) is 0.0691. The van der Waals surface area contributed by atoms with Crippen LogP contribution in [0.1, 0.15) is 11.1 Å². The van der Waals surface area contributed by atoms with Crippen LogP contribution in [0.25, 0.3) is 0 Å². The summed E-state index contributed by atoms with van der Waals surface area (Å²) in [4.78, 5) is 28.5. The predicted molar refractivity (Wildman–Crippen MR) is 165 cm³/mol. The van der Waals surface area contributed by atoms with Crippen molar-refractivity contribution in [3.63, 3.8) is 0 Å². The fourth-order valence-corrected chi connectivity index (χ4v) is 6.20. The maximum absolute atomic E-state index is 14.9. The number of amides is 2. The van der Waals surface area contributed by atoms with Crippen molar-refractivity contribution in [2.75, 3.05) is 32.1 Å². The zero-order valence-corrected chi connectivity index (χ0v) is 25.8. The van der Waals surface area contributed by atoms with Crippen LogP contribution in [-0.4, -0.2) is 59.0 Å². The lowest BCUT2D eigenvalue weighted by atomic mass is 10.0. The SMILES string of the molecule is CNC(=O)[C@H](Cc1ccccc1)N(Cc1ccccc1F)C(=O)CN(c1ccc(F)cc1)S(=O)(=O)c1ccc(OC)c(OC)c1. The minimum absolute atomic E-state index is 0.00933. The number of benzene rings is 4. The molecule has 2 amide bonds. The van der Waals surface area contributed by atoms with Gasteiger partial charge in [0.2, 0.25) is 11.8 Å². The van der Waals surface area contributed by atoms with Gasteiger partial charge in [0, 0.05) is 31.6 Å². The van der Waals surface area contributed by atoms with Crippen molar-refractivity contribution < 1.29 is 36.3 Å². The summed E-state index contributed by atoms with van der Waals surface area (Å²) in [6, 6.07) is 22.1. The Kier molecular flexibility index (Phi) is 10.7. The minimum atomic E-state index is -4.49. The van der Waals surface area contributed by atoms with Crippen molar-refractivity contribution in [3.8, 4) is 11.5 Å². The van der Waals surface area contributed by atoms with Crippen molar-refractivity contribution in [2.24, 2.45) is 0 Å². The number of hydrogen-bond acceptors (Lipinski definition) is 6. The van der Waals surface area contributed by atoms with Crippen LogP contribution >= 0.6 is 0 Å². The highest BCUT2D eigenvalue weighted by atomic mass is 32.2. The maximum atomic E-state index is 14.9. The number of nitrogens with zero attached hydrogens (tertiary/aromatic N) is 2. The predicted octanol–water partition coefficient (Wildman–Crippen LogP) is 4.56. The Morgan fingerprint density at radius 2 is 1.49 bits per heavy atom. The van der Waals surface area contributed by atoms with Gasteiger partial charge in [0.25, 0.3) is 10.0 Å². The highest BCUT2D eigenvalue weighted by molar-refractivity contribution is 7.92. The molecule has 0 unspecified atom stereocenters. The van der Waals surface area contributed by atoms with E-state index >= 15 is 0 Å². The molecule has 0 spiro atoms. The standard InChI is InChI=1S/C33H33F2N3O6S/c1-36-33(40)29(19-23-9-5-4-6-10-23)37(21-24-11-7-8-12-28(24)35)32(39)22-38(26-15-13-25(34)14-16-26)45(41,42)27-17-18-30(43-2)31(20-27)44-3/h4-18,20,29H,19,21-22H2,1-3H3,(H,36,40)/t29-/m0/s1. The Bertz CT molecular complexity index is 1740. The molecule has 0 bridgehead atoms. The minimum Gasteiger partial charge on any atom is -0.493 e. The molecule has 4 aromatic rings. The molecule has 0 aliphatic carbocycles. The number of halogens is 2. The maximum Gasteiger partial charge on any atom is 0.264 e. The van der Waals surface area contributed by atoms with Crippen molar-refractivity contribution in [2.45, 2.75) is 23.9 Å². The number of likely N-dealkylation sites (N-methyl/N-ethyl adjacent to an activating group) is 1. The molecule has 0 saturated carbocycles. The third-order valence-corrected chi connectivity index (χ3v) is 8.92. The van der Waals surface area contributed by atoms with Gasteiger partial charge >= 0.3 is 0 Å². The van der Waals surface area contributed by atoms with Crippen LogP contribution in [0.5, 0.6) is 11.5 Å². The van der Waals surface area contributed by atoms with Gasteiger partial charge in [0.15, 0.2) is 11.5 Å². The Labute approximate surface area is 261 Å². The van der Waals surface area contributed by atoms with E-state index in [4.69, 9.17) is 9.47 Å². The highest BCUT2D eigenvalue weighted by Crippen LogP contribution is 2.32. The average Bonchev–Trinajstić information content (AvgIpc) is 3.06. The van der Waals surface area contributed by atoms with E-state index in [2.05, 4.69) is 5.32 Å². The van der Waals surface area contributed by atoms with E-state index in [1.54, 1.807) is 36.4 Å². The number of carbonyl (C=O) groups excluding carboxylic acids is 2. The molecule has 1 N–H and O–H groups in total. The van der Waals surface area contributed by atoms with E-state index in [0.29, 0.717) is 0 Å². The van der Waals surface area contributed by atoms with Crippen LogP contribution in [0, 0.1) is 11.6 Å². The second-order valence-corrected chi connectivity index (χ2v) is 11.8. The van der Waals surface area contributed by atoms with Gasteiger partial charge in [-0.05, 0) is 48.0 Å². The lowest BCUT2D eigenvalue weighted by molar-refractivity contribution is -0.139. The largest absolute Gasteiger partial charge is 0.493 e. The summed E-state index contributed by atoms with van der Waals surface area (Å²) in [5.74, 6) is -2.12. The van der Waals surface area contributed by atoms with Gasteiger partial charge in [-0.1, -0.05) is 48.5 Å². The number of sulfonamides is 1. The van der Waals surface area contributed by atoms with Crippen LogP contribution in [0.2, 0.25) is 0 Å². The van der Waals surface area contributed by atoms with E-state index in [1.807, 2.05) is 0 Å². The number of hydrogen-bond donors (Lipinski definition) is 1. The number of ether oxygens (including phenoxy) is 2. The summed E-state index contributed by atoms with van der Waals surface area (Å²) < 4.78 is 68.4. The lowest BCUT2D eigenvalue weighted by Gasteiger charge is -2.33. The molecule has 236 valence electrons. The molecule has 0 heterocycles. The van der Waals surface area contributed by atoms with Crippen LogP contribution in [0.15, 0.2) is 102 Å². The Hall–Kier alpha value is -4.97. The molecule has 4 rings (SSSR count). The van der Waals surface area contributed by atoms with Crippen LogP contribution in [-0.2, 0) is 32.6 Å². The van der Waals surface area contributed by atoms with Gasteiger partial charge in [0.1, 0.15) is 24.2 Å². The summed E-state index contributed by atoms with van der Waals surface area (Å²) in [5, 5.41) is 2.57. The van der Waals surface area contributed by atoms with Gasteiger partial charge < -0.3 is 19.7 Å². The summed E-state index contributed by atoms with van der Waals surface area (Å²) >= 11 is 0. The molecule has 9 nitrogen and oxygen atoms in total. The van der Waals surface area contributed by atoms with E-state index < -0.39 is 46.1 Å². The first-order valence-electron chi connectivity index (χ1n) is 13.9. The third kappa shape index (κ3) is 7.76. The number of methoxy groups -OCH3 is 2. The fourth-order valence-electron chi connectivity index (χ4n) is 4.77. The molecule has 45 heavy (non-hydrogen) atoms. The van der Waals surface area contributed by atoms with E-state index in [9.17, 15) is 26.8 Å². The summed E-state index contributed by atoms with van der Waals surface area (Å²) in [5.41, 5.74) is 0.847. The third-order valence-electron chi connectivity index (χ3n) is 7.15. The Morgan fingerprint density at radius 3 is 2.11 bits per heavy atom. The smallest absolute Gasteiger partial charge is 0.264 e. The molecule has 0 aromatic heterocycles. The molecule has 0 fully saturated rings. The van der Waals surface area contributed by atoms with Crippen molar-refractivity contribution >= 4 is 27.5 Å². The number of rotatable bonds is 13. The van der Waals surface area contributed by atoms with E-state index in [0.717, 1.165) is 26.9 Å². The summed E-state index contributed by atoms with van der Waals surface area (Å²) in [7, 11) is -0.326. The Morgan fingerprint density at radius 1 is 0.844 bits per heavy atom. The monoisotopic (exact) mass is 637 g/mol. The first-order valence-corrected chi connectivity index (χ1v) is 15.3. The van der Waals surface area contributed by atoms with Gasteiger partial charge in [0.05, 0.1) is 24.8 Å². The van der Waals surface area contributed by atoms with Crippen molar-refractivity contribution in [3.05, 3.63) is 120 Å². The van der Waals surface area contributed by atoms with Crippen LogP contribution in [0.3, 0.4) is 0 Å². The molecule has 12 heteroatoms. The topological polar surface area (TPSA) is 105 Å². The Balaban J connectivity index is 1.81. The van der Waals surface area contributed by atoms with Gasteiger partial charge in [-0.2, -0.15) is 0 Å². The van der Waals surface area contributed by atoms with Gasteiger partial charge in [-0.15, -0.1) is 0 Å². The van der Waals surface area contributed by atoms with Crippen molar-refractivity contribution in [1.82, 2.24) is 10.2 Å². The van der Waals surface area contributed by atoms with Crippen molar-refractivity contribution in [1.29, 1.82) is 0 Å². The first kappa shape index (κ1) is 32.9. The molecule has 0 aliphatic rings. The highest BCUT2D eigenvalue weighted by Gasteiger charge is 2.35. The van der Waals surface area contributed by atoms with Gasteiger partial charge in [-0.25, -0.2) is 17.2 Å². The zero-order chi connectivity index (χ0) is 32.6. The molecule has 0 radical (unpaired) electrons. The molecule has 4 aromatic carbocycles. The molecular weight excluding hydrogens is 604 g/mol. The number of anilines is 1. The average molecular weight is 638 g/mol. The molecule has 0 aliphatic heterocycles. The number of carbonyl (C=O) groups is 2. The zero-order valence-electron chi connectivity index (χ0n) is 24.9. The molecule has 0 saturated heterocycles. The second kappa shape index (κ2) is 14.7. The quantitative estimate of drug-likeness (QED) is 0.231. The normalized spacial score (nSPS) is 11.8. The van der Waals surface area contributed by atoms with E-state index in [-0.39, 0.29) is 40.6 Å². The fraction of sp³-hybridized carbons (Fsp3) is 0.212. The van der Waals surface area contributed by atoms with Crippen LogP contribution in [0.4, 0.5) is 14.5 Å². The van der Waals surface area contributed by atoms with Gasteiger partial charge in [-0.3, -0.25) is 13.9 Å². The van der Waals surface area contributed by atoms with Crippen LogP contribution < -0.4 is 19.1 Å². The number of nitrogens with one attached hydrogen (secondary N) is 1. The summed E-state index contributed by atoms with van der Waals surface area (Å²) in [6.45, 7) is -1.12. The van der Waals surface area contributed by atoms with E-state index in [1.165, 1.54) is 69.8 Å². The molecule has 1 atom stereocenters. The second-order valence-electron chi connectivity index (χ2n) is 9.94. The molecular formula is C33H33F2N3O6S. The first-order chi connectivity index (χ1) is 21.6.